The zero-order chi connectivity index (χ0) is 18.7. The number of alkyl halides is 3. The molecule has 0 bridgehead atoms. The number of anilines is 1. The van der Waals surface area contributed by atoms with Crippen molar-refractivity contribution in [3.05, 3.63) is 47.0 Å². The van der Waals surface area contributed by atoms with Gasteiger partial charge in [-0.25, -0.2) is 0 Å². The molecule has 0 aliphatic carbocycles. The lowest BCUT2D eigenvalue weighted by atomic mass is 10.2. The minimum atomic E-state index is -4.61. The lowest BCUT2D eigenvalue weighted by molar-refractivity contribution is -0.137. The van der Waals surface area contributed by atoms with Crippen molar-refractivity contribution >= 4 is 23.2 Å². The molecule has 1 aliphatic heterocycles. The quantitative estimate of drug-likeness (QED) is 0.856. The van der Waals surface area contributed by atoms with Crippen LogP contribution >= 0.6 is 11.6 Å². The van der Waals surface area contributed by atoms with Crippen LogP contribution in [0, 0.1) is 0 Å². The molecule has 0 saturated carbocycles. The first-order chi connectivity index (χ1) is 12.3. The van der Waals surface area contributed by atoms with Gasteiger partial charge in [-0.15, -0.1) is 0 Å². The predicted molar refractivity (Wildman–Crippen MR) is 88.0 cm³/mol. The summed E-state index contributed by atoms with van der Waals surface area (Å²) in [6, 6.07) is 7.94. The SMILES string of the molecule is O=C(COc1ccc2c(c1)OCCO2)Nc1ccc(Cl)c(C(F)(F)F)c1. The molecule has 0 unspecified atom stereocenters. The van der Waals surface area contributed by atoms with Crippen LogP contribution in [0.5, 0.6) is 17.2 Å². The van der Waals surface area contributed by atoms with Gasteiger partial charge in [-0.05, 0) is 30.3 Å². The van der Waals surface area contributed by atoms with Crippen LogP contribution in [0.4, 0.5) is 18.9 Å². The number of benzene rings is 2. The van der Waals surface area contributed by atoms with Gasteiger partial charge in [0.2, 0.25) is 0 Å². The van der Waals surface area contributed by atoms with Crippen molar-refractivity contribution in [3.63, 3.8) is 0 Å². The van der Waals surface area contributed by atoms with E-state index in [-0.39, 0.29) is 12.3 Å². The first-order valence-electron chi connectivity index (χ1n) is 7.52. The van der Waals surface area contributed by atoms with Gasteiger partial charge in [0.15, 0.2) is 18.1 Å². The second-order valence-corrected chi connectivity index (χ2v) is 5.74. The fraction of sp³-hybridized carbons (Fsp3) is 0.235. The van der Waals surface area contributed by atoms with E-state index in [9.17, 15) is 18.0 Å². The number of nitrogens with one attached hydrogen (secondary N) is 1. The normalized spacial score (nSPS) is 13.2. The third-order valence-corrected chi connectivity index (χ3v) is 3.77. The maximum absolute atomic E-state index is 12.8. The van der Waals surface area contributed by atoms with Gasteiger partial charge < -0.3 is 19.5 Å². The van der Waals surface area contributed by atoms with Crippen molar-refractivity contribution in [3.8, 4) is 17.2 Å². The molecular formula is C17H13ClF3NO4. The van der Waals surface area contributed by atoms with E-state index in [4.69, 9.17) is 25.8 Å². The lowest BCUT2D eigenvalue weighted by Crippen LogP contribution is -2.21. The molecule has 0 saturated heterocycles. The van der Waals surface area contributed by atoms with Crippen molar-refractivity contribution in [1.82, 2.24) is 0 Å². The third kappa shape index (κ3) is 4.32. The highest BCUT2D eigenvalue weighted by Gasteiger charge is 2.33. The monoisotopic (exact) mass is 387 g/mol. The van der Waals surface area contributed by atoms with Gasteiger partial charge in [0.05, 0.1) is 10.6 Å². The minimum Gasteiger partial charge on any atom is -0.486 e. The molecular weight excluding hydrogens is 375 g/mol. The average molecular weight is 388 g/mol. The van der Waals surface area contributed by atoms with Gasteiger partial charge in [-0.3, -0.25) is 4.79 Å². The van der Waals surface area contributed by atoms with Crippen LogP contribution in [0.15, 0.2) is 36.4 Å². The van der Waals surface area contributed by atoms with Gasteiger partial charge in [0, 0.05) is 11.8 Å². The Bertz CT molecular complexity index is 826. The predicted octanol–water partition coefficient (Wildman–Crippen LogP) is 4.15. The minimum absolute atomic E-state index is 0.0301. The number of rotatable bonds is 4. The number of halogens is 4. The molecule has 1 N–H and O–H groups in total. The molecule has 5 nitrogen and oxygen atoms in total. The molecule has 2 aromatic carbocycles. The van der Waals surface area contributed by atoms with Crippen LogP contribution in [-0.4, -0.2) is 25.7 Å². The van der Waals surface area contributed by atoms with E-state index in [1.54, 1.807) is 18.2 Å². The molecule has 9 heteroatoms. The molecule has 0 atom stereocenters. The second-order valence-electron chi connectivity index (χ2n) is 5.33. The third-order valence-electron chi connectivity index (χ3n) is 3.44. The maximum atomic E-state index is 12.8. The number of fused-ring (bicyclic) bond motifs is 1. The van der Waals surface area contributed by atoms with Crippen LogP contribution in [-0.2, 0) is 11.0 Å². The Hall–Kier alpha value is -2.61. The number of ether oxygens (including phenoxy) is 3. The summed E-state index contributed by atoms with van der Waals surface area (Å²) in [6.45, 7) is 0.481. The van der Waals surface area contributed by atoms with E-state index in [1.807, 2.05) is 0 Å². The average Bonchev–Trinajstić information content (AvgIpc) is 2.60. The van der Waals surface area contributed by atoms with Crippen LogP contribution in [0.2, 0.25) is 5.02 Å². The summed E-state index contributed by atoms with van der Waals surface area (Å²) in [4.78, 5) is 11.9. The van der Waals surface area contributed by atoms with Gasteiger partial charge in [0.25, 0.3) is 5.91 Å². The summed E-state index contributed by atoms with van der Waals surface area (Å²) in [5.74, 6) is 0.836. The van der Waals surface area contributed by atoms with Crippen molar-refractivity contribution in [1.29, 1.82) is 0 Å². The number of hydrogen-bond donors (Lipinski definition) is 1. The van der Waals surface area contributed by atoms with E-state index < -0.39 is 22.7 Å². The van der Waals surface area contributed by atoms with E-state index >= 15 is 0 Å². The molecule has 1 aliphatic rings. The number of carbonyl (C=O) groups excluding carboxylic acids is 1. The smallest absolute Gasteiger partial charge is 0.417 e. The van der Waals surface area contributed by atoms with E-state index in [0.717, 1.165) is 12.1 Å². The van der Waals surface area contributed by atoms with Crippen LogP contribution < -0.4 is 19.5 Å². The Balaban J connectivity index is 1.61. The Morgan fingerprint density at radius 1 is 1.12 bits per heavy atom. The van der Waals surface area contributed by atoms with E-state index in [0.29, 0.717) is 30.5 Å². The first-order valence-corrected chi connectivity index (χ1v) is 7.90. The molecule has 0 fully saturated rings. The van der Waals surface area contributed by atoms with Crippen LogP contribution in [0.3, 0.4) is 0 Å². The zero-order valence-corrected chi connectivity index (χ0v) is 14.0. The number of carbonyl (C=O) groups is 1. The second kappa shape index (κ2) is 7.33. The fourth-order valence-corrected chi connectivity index (χ4v) is 2.50. The lowest BCUT2D eigenvalue weighted by Gasteiger charge is -2.18. The molecule has 1 amide bonds. The Morgan fingerprint density at radius 3 is 2.58 bits per heavy atom. The molecule has 0 aromatic heterocycles. The van der Waals surface area contributed by atoms with Gasteiger partial charge in [-0.2, -0.15) is 13.2 Å². The largest absolute Gasteiger partial charge is 0.486 e. The molecule has 3 rings (SSSR count). The topological polar surface area (TPSA) is 56.8 Å². The van der Waals surface area contributed by atoms with Crippen molar-refractivity contribution in [2.45, 2.75) is 6.18 Å². The summed E-state index contributed by atoms with van der Waals surface area (Å²) < 4.78 is 54.6. The van der Waals surface area contributed by atoms with E-state index in [1.165, 1.54) is 6.07 Å². The van der Waals surface area contributed by atoms with Gasteiger partial charge in [-0.1, -0.05) is 11.6 Å². The summed E-state index contributed by atoms with van der Waals surface area (Å²) in [7, 11) is 0. The number of amides is 1. The summed E-state index contributed by atoms with van der Waals surface area (Å²) >= 11 is 5.54. The van der Waals surface area contributed by atoms with Crippen molar-refractivity contribution < 1.29 is 32.2 Å². The first kappa shape index (κ1) is 18.2. The summed E-state index contributed by atoms with van der Waals surface area (Å²) in [5.41, 5.74) is -1.05. The summed E-state index contributed by atoms with van der Waals surface area (Å²) in [5, 5.41) is 1.89. The van der Waals surface area contributed by atoms with Gasteiger partial charge >= 0.3 is 6.18 Å². The Labute approximate surface area is 151 Å². The zero-order valence-electron chi connectivity index (χ0n) is 13.2. The number of hydrogen-bond acceptors (Lipinski definition) is 4. The molecule has 138 valence electrons. The molecule has 2 aromatic rings. The van der Waals surface area contributed by atoms with Gasteiger partial charge in [0.1, 0.15) is 19.0 Å². The highest BCUT2D eigenvalue weighted by Crippen LogP contribution is 2.36. The van der Waals surface area contributed by atoms with Crippen LogP contribution in [0.25, 0.3) is 0 Å². The fourth-order valence-electron chi connectivity index (χ4n) is 2.28. The summed E-state index contributed by atoms with van der Waals surface area (Å²) in [6.07, 6.45) is -4.61. The highest BCUT2D eigenvalue weighted by molar-refractivity contribution is 6.31. The molecule has 0 radical (unpaired) electrons. The Morgan fingerprint density at radius 2 is 1.85 bits per heavy atom. The molecule has 1 heterocycles. The Kier molecular flexibility index (Phi) is 5.13. The van der Waals surface area contributed by atoms with Crippen molar-refractivity contribution in [2.75, 3.05) is 25.1 Å². The molecule has 26 heavy (non-hydrogen) atoms. The van der Waals surface area contributed by atoms with Crippen molar-refractivity contribution in [2.24, 2.45) is 0 Å². The van der Waals surface area contributed by atoms with Crippen LogP contribution in [0.1, 0.15) is 5.56 Å². The highest BCUT2D eigenvalue weighted by atomic mass is 35.5. The maximum Gasteiger partial charge on any atom is 0.417 e. The standard InChI is InChI=1S/C17H13ClF3NO4/c18-13-3-1-10(7-12(13)17(19,20)21)22-16(23)9-26-11-2-4-14-15(8-11)25-6-5-24-14/h1-4,7-8H,5-6,9H2,(H,22,23). The molecule has 0 spiro atoms. The van der Waals surface area contributed by atoms with E-state index in [2.05, 4.69) is 5.32 Å².